The number of anilines is 1. The van der Waals surface area contributed by atoms with Crippen LogP contribution in [-0.4, -0.2) is 42.7 Å². The zero-order chi connectivity index (χ0) is 13.1. The number of rotatable bonds is 5. The first-order valence-electron chi connectivity index (χ1n) is 5.04. The second-order valence-electron chi connectivity index (χ2n) is 3.81. The lowest BCUT2D eigenvalue weighted by atomic mass is 10.3. The van der Waals surface area contributed by atoms with Gasteiger partial charge in [0, 0.05) is 19.8 Å². The van der Waals surface area contributed by atoms with E-state index in [0.29, 0.717) is 12.1 Å². The van der Waals surface area contributed by atoms with Crippen LogP contribution in [0.4, 0.5) is 5.69 Å². The first-order valence-corrected chi connectivity index (χ1v) is 7.10. The lowest BCUT2D eigenvalue weighted by molar-refractivity contribution is 0.0945. The molecule has 0 fully saturated rings. The number of hydrogen-bond donors (Lipinski definition) is 2. The maximum Gasteiger partial charge on any atom is 0.271 e. The summed E-state index contributed by atoms with van der Waals surface area (Å²) in [5.41, 5.74) is 6.16. The van der Waals surface area contributed by atoms with Gasteiger partial charge in [-0.05, 0) is 6.42 Å². The van der Waals surface area contributed by atoms with E-state index >= 15 is 0 Å². The average Bonchev–Trinajstić information content (AvgIpc) is 2.52. The summed E-state index contributed by atoms with van der Waals surface area (Å²) in [4.78, 5) is 11.7. The van der Waals surface area contributed by atoms with E-state index in [1.165, 1.54) is 10.9 Å². The Labute approximate surface area is 99.9 Å². The maximum atomic E-state index is 11.7. The van der Waals surface area contributed by atoms with Gasteiger partial charge in [0.05, 0.1) is 17.6 Å². The van der Waals surface area contributed by atoms with Crippen LogP contribution in [0.2, 0.25) is 0 Å². The number of aromatic nitrogens is 2. The highest BCUT2D eigenvalue weighted by molar-refractivity contribution is 7.90. The Bertz CT molecular complexity index is 487. The molecular weight excluding hydrogens is 244 g/mol. The topological polar surface area (TPSA) is 107 Å². The van der Waals surface area contributed by atoms with Gasteiger partial charge in [-0.15, -0.1) is 0 Å². The monoisotopic (exact) mass is 260 g/mol. The molecule has 0 bridgehead atoms. The van der Waals surface area contributed by atoms with Gasteiger partial charge in [0.15, 0.2) is 0 Å². The molecule has 0 unspecified atom stereocenters. The Morgan fingerprint density at radius 2 is 2.24 bits per heavy atom. The fourth-order valence-corrected chi connectivity index (χ4v) is 2.02. The largest absolute Gasteiger partial charge is 0.396 e. The van der Waals surface area contributed by atoms with Crippen molar-refractivity contribution in [2.45, 2.75) is 6.42 Å². The Hall–Kier alpha value is -1.57. The number of carbonyl (C=O) groups excluding carboxylic acids is 1. The zero-order valence-corrected chi connectivity index (χ0v) is 10.6. The number of nitrogens with one attached hydrogen (secondary N) is 1. The third-order valence-corrected chi connectivity index (χ3v) is 3.19. The molecule has 0 aromatic carbocycles. The van der Waals surface area contributed by atoms with Crippen LogP contribution >= 0.6 is 0 Å². The highest BCUT2D eigenvalue weighted by atomic mass is 32.2. The van der Waals surface area contributed by atoms with E-state index in [1.807, 2.05) is 0 Å². The van der Waals surface area contributed by atoms with E-state index in [2.05, 4.69) is 10.4 Å². The van der Waals surface area contributed by atoms with Crippen molar-refractivity contribution < 1.29 is 13.2 Å². The molecule has 8 heteroatoms. The Morgan fingerprint density at radius 3 is 2.71 bits per heavy atom. The van der Waals surface area contributed by atoms with Crippen LogP contribution in [0.15, 0.2) is 6.20 Å². The lowest BCUT2D eigenvalue weighted by Gasteiger charge is -2.05. The van der Waals surface area contributed by atoms with E-state index in [1.54, 1.807) is 7.05 Å². The second kappa shape index (κ2) is 5.17. The number of hydrogen-bond acceptors (Lipinski definition) is 5. The van der Waals surface area contributed by atoms with Gasteiger partial charge in [-0.3, -0.25) is 9.48 Å². The number of aryl methyl sites for hydroxylation is 1. The van der Waals surface area contributed by atoms with Gasteiger partial charge in [-0.1, -0.05) is 0 Å². The number of nitrogen functional groups attached to an aromatic ring is 1. The van der Waals surface area contributed by atoms with Crippen LogP contribution in [0.25, 0.3) is 0 Å². The van der Waals surface area contributed by atoms with Gasteiger partial charge in [0.1, 0.15) is 15.5 Å². The van der Waals surface area contributed by atoms with E-state index < -0.39 is 9.84 Å². The number of nitrogens with two attached hydrogens (primary N) is 1. The molecule has 1 aromatic rings. The van der Waals surface area contributed by atoms with E-state index in [-0.39, 0.29) is 23.9 Å². The van der Waals surface area contributed by atoms with E-state index in [0.717, 1.165) is 6.26 Å². The van der Waals surface area contributed by atoms with Gasteiger partial charge in [-0.2, -0.15) is 5.10 Å². The zero-order valence-electron chi connectivity index (χ0n) is 9.80. The quantitative estimate of drug-likeness (QED) is 0.672. The van der Waals surface area contributed by atoms with Gasteiger partial charge < -0.3 is 11.1 Å². The van der Waals surface area contributed by atoms with Crippen molar-refractivity contribution in [1.29, 1.82) is 0 Å². The summed E-state index contributed by atoms with van der Waals surface area (Å²) in [5.74, 6) is -0.301. The summed E-state index contributed by atoms with van der Waals surface area (Å²) in [6.45, 7) is 0.288. The Balaban J connectivity index is 2.46. The van der Waals surface area contributed by atoms with Crippen molar-refractivity contribution in [3.05, 3.63) is 11.9 Å². The molecule has 17 heavy (non-hydrogen) atoms. The van der Waals surface area contributed by atoms with E-state index in [4.69, 9.17) is 5.73 Å². The molecule has 0 saturated heterocycles. The average molecular weight is 260 g/mol. The van der Waals surface area contributed by atoms with Crippen molar-refractivity contribution in [2.24, 2.45) is 7.05 Å². The van der Waals surface area contributed by atoms with Crippen LogP contribution in [-0.2, 0) is 16.9 Å². The molecule has 1 amide bonds. The minimum Gasteiger partial charge on any atom is -0.396 e. The molecule has 0 atom stereocenters. The summed E-state index contributed by atoms with van der Waals surface area (Å²) < 4.78 is 23.1. The highest BCUT2D eigenvalue weighted by Crippen LogP contribution is 2.08. The number of nitrogens with zero attached hydrogens (tertiary/aromatic N) is 2. The van der Waals surface area contributed by atoms with Crippen LogP contribution in [0.5, 0.6) is 0 Å². The maximum absolute atomic E-state index is 11.7. The third kappa shape index (κ3) is 4.06. The predicted octanol–water partition coefficient (Wildman–Crippen LogP) is -0.833. The van der Waals surface area contributed by atoms with Gasteiger partial charge in [-0.25, -0.2) is 8.42 Å². The smallest absolute Gasteiger partial charge is 0.271 e. The summed E-state index contributed by atoms with van der Waals surface area (Å²) in [6.07, 6.45) is 2.93. The normalized spacial score (nSPS) is 11.4. The summed E-state index contributed by atoms with van der Waals surface area (Å²) >= 11 is 0. The molecule has 0 aliphatic heterocycles. The van der Waals surface area contributed by atoms with Crippen molar-refractivity contribution in [3.63, 3.8) is 0 Å². The molecule has 0 spiro atoms. The van der Waals surface area contributed by atoms with Gasteiger partial charge in [0.2, 0.25) is 0 Å². The fourth-order valence-electron chi connectivity index (χ4n) is 1.35. The minimum absolute atomic E-state index is 0.0498. The van der Waals surface area contributed by atoms with Crippen LogP contribution in [0, 0.1) is 0 Å². The number of sulfone groups is 1. The molecule has 7 nitrogen and oxygen atoms in total. The second-order valence-corrected chi connectivity index (χ2v) is 6.07. The molecule has 0 radical (unpaired) electrons. The lowest BCUT2D eigenvalue weighted by Crippen LogP contribution is -2.28. The Kier molecular flexibility index (Phi) is 4.11. The number of carbonyl (C=O) groups is 1. The molecule has 1 aromatic heterocycles. The van der Waals surface area contributed by atoms with Crippen LogP contribution in [0.1, 0.15) is 16.9 Å². The Morgan fingerprint density at radius 1 is 1.59 bits per heavy atom. The van der Waals surface area contributed by atoms with Crippen molar-refractivity contribution >= 4 is 21.4 Å². The summed E-state index contributed by atoms with van der Waals surface area (Å²) in [5, 5.41) is 6.43. The fraction of sp³-hybridized carbons (Fsp3) is 0.556. The minimum atomic E-state index is -2.99. The molecule has 0 saturated carbocycles. The molecule has 1 heterocycles. The molecule has 0 aliphatic carbocycles. The molecular formula is C9H16N4O3S. The molecule has 0 aliphatic rings. The molecule has 3 N–H and O–H groups in total. The van der Waals surface area contributed by atoms with E-state index in [9.17, 15) is 13.2 Å². The SMILES string of the molecule is Cn1ncc(N)c1C(=O)NCCCS(C)(=O)=O. The van der Waals surface area contributed by atoms with Crippen LogP contribution < -0.4 is 11.1 Å². The first kappa shape index (κ1) is 13.5. The standard InChI is InChI=1S/C9H16N4O3S/c1-13-8(7(10)6-12-13)9(14)11-4-3-5-17(2,15)16/h6H,3-5,10H2,1-2H3,(H,11,14). The molecule has 96 valence electrons. The van der Waals surface area contributed by atoms with Crippen molar-refractivity contribution in [2.75, 3.05) is 24.3 Å². The summed E-state index contributed by atoms with van der Waals surface area (Å²) in [6, 6.07) is 0. The molecule has 1 rings (SSSR count). The first-order chi connectivity index (χ1) is 7.81. The van der Waals surface area contributed by atoms with Crippen molar-refractivity contribution in [1.82, 2.24) is 15.1 Å². The third-order valence-electron chi connectivity index (χ3n) is 2.16. The van der Waals surface area contributed by atoms with Crippen molar-refractivity contribution in [3.8, 4) is 0 Å². The number of amides is 1. The van der Waals surface area contributed by atoms with Gasteiger partial charge >= 0.3 is 0 Å². The highest BCUT2D eigenvalue weighted by Gasteiger charge is 2.14. The van der Waals surface area contributed by atoms with Crippen LogP contribution in [0.3, 0.4) is 0 Å². The summed E-state index contributed by atoms with van der Waals surface area (Å²) in [7, 11) is -1.37. The predicted molar refractivity (Wildman–Crippen MR) is 64.3 cm³/mol. The van der Waals surface area contributed by atoms with Gasteiger partial charge in [0.25, 0.3) is 5.91 Å².